The normalized spacial score (nSPS) is 18.8. The zero-order valence-electron chi connectivity index (χ0n) is 23.3. The summed E-state index contributed by atoms with van der Waals surface area (Å²) in [6.45, 7) is 2.38. The summed E-state index contributed by atoms with van der Waals surface area (Å²) in [5.41, 5.74) is -2.64. The molecule has 1 saturated heterocycles. The first-order chi connectivity index (χ1) is 18.6. The fourth-order valence-electron chi connectivity index (χ4n) is 3.75. The number of likely N-dealkylation sites (tertiary alicyclic amines) is 1. The number of nitro benzene ring substituents is 1. The molecule has 37 heavy (non-hydrogen) atoms. The van der Waals surface area contributed by atoms with Gasteiger partial charge in [0.15, 0.2) is 5.82 Å². The third-order valence-corrected chi connectivity index (χ3v) is 5.80. The number of amides is 1. The van der Waals surface area contributed by atoms with Crippen molar-refractivity contribution < 1.29 is 23.0 Å². The van der Waals surface area contributed by atoms with Crippen LogP contribution in [0.3, 0.4) is 0 Å². The molecule has 1 unspecified atom stereocenters. The van der Waals surface area contributed by atoms with Crippen LogP contribution >= 0.6 is 11.6 Å². The Labute approximate surface area is 222 Å². The van der Waals surface area contributed by atoms with Crippen molar-refractivity contribution in [1.29, 1.82) is 0 Å². The first-order valence-electron chi connectivity index (χ1n) is 12.8. The van der Waals surface area contributed by atoms with Crippen LogP contribution < -0.4 is 5.32 Å². The van der Waals surface area contributed by atoms with Crippen molar-refractivity contribution in [2.24, 2.45) is 5.41 Å². The van der Waals surface area contributed by atoms with Crippen molar-refractivity contribution in [2.75, 3.05) is 18.4 Å². The molecule has 1 aliphatic heterocycles. The average molecular weight is 529 g/mol. The van der Waals surface area contributed by atoms with Crippen LogP contribution in [0, 0.1) is 33.2 Å². The first kappa shape index (κ1) is 22.2. The standard InChI is InChI=1S/C26H25ClFN5O4/c1-25(2,3)37-24(34)32-11-10-26(4,14-32)9-8-16-12-20-17(13-21(16)33(35)36)23(30-15-29-20)31-19-7-5-6-18(27)22(19)28/h5-7,12-13,15H,10-11,14H2,1-4H3,(H,29,30,31)/i4D3. The van der Waals surface area contributed by atoms with E-state index in [2.05, 4.69) is 27.1 Å². The Kier molecular flexibility index (Phi) is 5.91. The molecule has 192 valence electrons. The number of nitro groups is 1. The third kappa shape index (κ3) is 5.89. The molecule has 1 amide bonds. The maximum atomic E-state index is 14.5. The van der Waals surface area contributed by atoms with Crippen LogP contribution in [0.15, 0.2) is 36.7 Å². The van der Waals surface area contributed by atoms with Crippen LogP contribution in [-0.2, 0) is 4.74 Å². The summed E-state index contributed by atoms with van der Waals surface area (Å²) in [5, 5.41) is 14.9. The molecule has 2 heterocycles. The SMILES string of the molecule is [2H]C([2H])([2H])C1(C#Cc2cc3ncnc(Nc4cccc(Cl)c4F)c3cc2[N+](=O)[O-])CCN(C(=O)OC(C)(C)C)C1. The number of carbonyl (C=O) groups excluding carboxylic acids is 1. The highest BCUT2D eigenvalue weighted by Gasteiger charge is 2.36. The van der Waals surface area contributed by atoms with Gasteiger partial charge in [-0.15, -0.1) is 0 Å². The number of nitrogens with zero attached hydrogens (tertiary/aromatic N) is 4. The Morgan fingerprint density at radius 1 is 1.38 bits per heavy atom. The molecule has 9 nitrogen and oxygen atoms in total. The molecule has 1 N–H and O–H groups in total. The molecule has 0 radical (unpaired) electrons. The van der Waals surface area contributed by atoms with Gasteiger partial charge in [0, 0.05) is 34.1 Å². The van der Waals surface area contributed by atoms with Gasteiger partial charge in [0.05, 0.1) is 21.2 Å². The van der Waals surface area contributed by atoms with Crippen molar-refractivity contribution in [3.8, 4) is 11.8 Å². The Morgan fingerprint density at radius 3 is 2.86 bits per heavy atom. The molecular weight excluding hydrogens is 501 g/mol. The summed E-state index contributed by atoms with van der Waals surface area (Å²) in [7, 11) is 0. The van der Waals surface area contributed by atoms with Gasteiger partial charge in [-0.2, -0.15) is 0 Å². The molecule has 0 bridgehead atoms. The van der Waals surface area contributed by atoms with Crippen LogP contribution in [0.2, 0.25) is 5.02 Å². The van der Waals surface area contributed by atoms with E-state index in [4.69, 9.17) is 20.5 Å². The summed E-state index contributed by atoms with van der Waals surface area (Å²) in [5.74, 6) is 4.79. The second kappa shape index (κ2) is 9.82. The van der Waals surface area contributed by atoms with Gasteiger partial charge in [-0.05, 0) is 52.2 Å². The van der Waals surface area contributed by atoms with Crippen LogP contribution in [0.4, 0.5) is 26.4 Å². The number of fused-ring (bicyclic) bond motifs is 1. The van der Waals surface area contributed by atoms with Gasteiger partial charge in [0.25, 0.3) is 5.69 Å². The lowest BCUT2D eigenvalue weighted by Crippen LogP contribution is -2.36. The number of halogens is 2. The summed E-state index contributed by atoms with van der Waals surface area (Å²) in [6.07, 6.45) is 0.555. The molecule has 0 spiro atoms. The Hall–Kier alpha value is -3.97. The number of rotatable bonds is 3. The highest BCUT2D eigenvalue weighted by atomic mass is 35.5. The molecule has 0 aliphatic carbocycles. The van der Waals surface area contributed by atoms with Gasteiger partial charge in [0.1, 0.15) is 23.3 Å². The van der Waals surface area contributed by atoms with E-state index in [1.165, 1.54) is 41.6 Å². The average Bonchev–Trinajstić information content (AvgIpc) is 3.30. The lowest BCUT2D eigenvalue weighted by Gasteiger charge is -2.25. The van der Waals surface area contributed by atoms with Crippen molar-refractivity contribution in [1.82, 2.24) is 14.9 Å². The maximum Gasteiger partial charge on any atom is 0.410 e. The Morgan fingerprint density at radius 2 is 2.16 bits per heavy atom. The molecule has 1 aliphatic rings. The van der Waals surface area contributed by atoms with Crippen LogP contribution in [-0.4, -0.2) is 44.6 Å². The number of carbonyl (C=O) groups is 1. The summed E-state index contributed by atoms with van der Waals surface area (Å²) in [4.78, 5) is 33.4. The minimum absolute atomic E-state index is 0.00872. The molecule has 4 rings (SSSR count). The van der Waals surface area contributed by atoms with E-state index in [1.54, 1.807) is 20.8 Å². The van der Waals surface area contributed by atoms with E-state index >= 15 is 0 Å². The first-order valence-corrected chi connectivity index (χ1v) is 11.6. The topological polar surface area (TPSA) is 110 Å². The minimum atomic E-state index is -2.59. The number of hydrogen-bond donors (Lipinski definition) is 1. The van der Waals surface area contributed by atoms with Crippen LogP contribution in [0.5, 0.6) is 0 Å². The fourth-order valence-corrected chi connectivity index (χ4v) is 3.93. The van der Waals surface area contributed by atoms with E-state index in [0.717, 1.165) is 0 Å². The number of aromatic nitrogens is 2. The molecule has 2 aromatic carbocycles. The summed E-state index contributed by atoms with van der Waals surface area (Å²) >= 11 is 5.85. The lowest BCUT2D eigenvalue weighted by molar-refractivity contribution is -0.385. The predicted octanol–water partition coefficient (Wildman–Crippen LogP) is 6.07. The van der Waals surface area contributed by atoms with E-state index in [1.807, 2.05) is 0 Å². The smallest absolute Gasteiger partial charge is 0.410 e. The number of nitrogens with one attached hydrogen (secondary N) is 1. The van der Waals surface area contributed by atoms with Gasteiger partial charge < -0.3 is 15.0 Å². The third-order valence-electron chi connectivity index (χ3n) is 5.51. The lowest BCUT2D eigenvalue weighted by atomic mass is 9.90. The van der Waals surface area contributed by atoms with E-state index < -0.39 is 40.4 Å². The molecule has 11 heteroatoms. The zero-order valence-corrected chi connectivity index (χ0v) is 21.0. The Bertz CT molecular complexity index is 1570. The van der Waals surface area contributed by atoms with Gasteiger partial charge in [-0.1, -0.05) is 29.5 Å². The summed E-state index contributed by atoms with van der Waals surface area (Å²) in [6, 6.07) is 6.86. The summed E-state index contributed by atoms with van der Waals surface area (Å²) < 4.78 is 44.2. The van der Waals surface area contributed by atoms with Gasteiger partial charge in [0.2, 0.25) is 0 Å². The molecule has 1 fully saturated rings. The largest absolute Gasteiger partial charge is 0.444 e. The number of hydrogen-bond acceptors (Lipinski definition) is 7. The zero-order chi connectivity index (χ0) is 29.5. The van der Waals surface area contributed by atoms with Gasteiger partial charge >= 0.3 is 6.09 Å². The maximum absolute atomic E-state index is 14.5. The molecule has 0 saturated carbocycles. The van der Waals surface area contributed by atoms with Crippen molar-refractivity contribution in [3.05, 3.63) is 63.2 Å². The predicted molar refractivity (Wildman–Crippen MR) is 138 cm³/mol. The minimum Gasteiger partial charge on any atom is -0.444 e. The van der Waals surface area contributed by atoms with Crippen LogP contribution in [0.1, 0.15) is 43.7 Å². The van der Waals surface area contributed by atoms with Crippen molar-refractivity contribution >= 4 is 45.8 Å². The highest BCUT2D eigenvalue weighted by molar-refractivity contribution is 6.31. The number of ether oxygens (including phenoxy) is 1. The van der Waals surface area contributed by atoms with Crippen molar-refractivity contribution in [3.63, 3.8) is 0 Å². The second-order valence-corrected chi connectivity index (χ2v) is 9.98. The fraction of sp³-hybridized carbons (Fsp3) is 0.346. The monoisotopic (exact) mass is 528 g/mol. The van der Waals surface area contributed by atoms with Crippen LogP contribution in [0.25, 0.3) is 10.9 Å². The van der Waals surface area contributed by atoms with Gasteiger partial charge in [-0.25, -0.2) is 19.2 Å². The number of benzene rings is 2. The van der Waals surface area contributed by atoms with Gasteiger partial charge in [-0.3, -0.25) is 10.1 Å². The molecule has 1 atom stereocenters. The second-order valence-electron chi connectivity index (χ2n) is 9.58. The molecular formula is C26H25ClFN5O4. The molecule has 3 aromatic rings. The van der Waals surface area contributed by atoms with E-state index in [0.29, 0.717) is 0 Å². The highest BCUT2D eigenvalue weighted by Crippen LogP contribution is 2.33. The van der Waals surface area contributed by atoms with Crippen molar-refractivity contribution in [2.45, 2.75) is 39.6 Å². The molecule has 1 aromatic heterocycles. The Balaban J connectivity index is 1.75. The van der Waals surface area contributed by atoms with E-state index in [-0.39, 0.29) is 52.5 Å². The quantitative estimate of drug-likeness (QED) is 0.249. The number of anilines is 2. The van der Waals surface area contributed by atoms with E-state index in [9.17, 15) is 19.3 Å².